The maximum atomic E-state index is 11.8. The lowest BCUT2D eigenvalue weighted by molar-refractivity contribution is 0.0952. The van der Waals surface area contributed by atoms with Crippen molar-refractivity contribution in [3.8, 4) is 0 Å². The fourth-order valence-electron chi connectivity index (χ4n) is 1.66. The number of nitrogens with one attached hydrogen (secondary N) is 2. The molecular formula is C12H15BrN2O2. The van der Waals surface area contributed by atoms with Crippen LogP contribution in [-0.4, -0.2) is 22.3 Å². The number of carbonyl (C=O) groups is 1. The second-order valence-electron chi connectivity index (χ2n) is 4.46. The Morgan fingerprint density at radius 3 is 2.94 bits per heavy atom. The fraction of sp³-hybridized carbons (Fsp3) is 0.500. The molecule has 1 unspecified atom stereocenters. The molecule has 0 spiro atoms. The van der Waals surface area contributed by atoms with Gasteiger partial charge >= 0.3 is 0 Å². The molecule has 92 valence electrons. The van der Waals surface area contributed by atoms with Gasteiger partial charge in [0, 0.05) is 29.3 Å². The Bertz CT molecular complexity index is 480. The molecule has 1 aliphatic rings. The van der Waals surface area contributed by atoms with Gasteiger partial charge < -0.3 is 10.3 Å². The Kier molecular flexibility index (Phi) is 3.66. The van der Waals surface area contributed by atoms with Gasteiger partial charge in [-0.2, -0.15) is 0 Å². The van der Waals surface area contributed by atoms with E-state index in [0.717, 1.165) is 5.69 Å². The number of hydrogen-bond acceptors (Lipinski definition) is 2. The van der Waals surface area contributed by atoms with Crippen molar-refractivity contribution in [3.05, 3.63) is 33.7 Å². The van der Waals surface area contributed by atoms with Gasteiger partial charge in [0.1, 0.15) is 5.56 Å². The van der Waals surface area contributed by atoms with Gasteiger partial charge in [-0.25, -0.2) is 0 Å². The van der Waals surface area contributed by atoms with Crippen molar-refractivity contribution in [2.24, 2.45) is 5.92 Å². The summed E-state index contributed by atoms with van der Waals surface area (Å²) in [6.45, 7) is 2.35. The minimum Gasteiger partial charge on any atom is -0.364 e. The van der Waals surface area contributed by atoms with Gasteiger partial charge in [0.2, 0.25) is 0 Å². The first-order valence-electron chi connectivity index (χ1n) is 5.69. The molecule has 1 atom stereocenters. The molecule has 1 saturated carbocycles. The standard InChI is InChI=1S/C12H15BrN2O2/c1-7-4-11(16)9(5-14-7)12(17)15-6-10(13)8-2-3-8/h4-5,8,10H,2-3,6H2,1H3,(H,14,16)(H,15,17). The van der Waals surface area contributed by atoms with Crippen LogP contribution in [0.1, 0.15) is 28.9 Å². The van der Waals surface area contributed by atoms with Gasteiger partial charge in [-0.1, -0.05) is 15.9 Å². The van der Waals surface area contributed by atoms with Crippen molar-refractivity contribution >= 4 is 21.8 Å². The zero-order valence-electron chi connectivity index (χ0n) is 9.63. The summed E-state index contributed by atoms with van der Waals surface area (Å²) >= 11 is 3.54. The van der Waals surface area contributed by atoms with Gasteiger partial charge in [-0.15, -0.1) is 0 Å². The maximum Gasteiger partial charge on any atom is 0.256 e. The number of carbonyl (C=O) groups excluding carboxylic acids is 1. The summed E-state index contributed by atoms with van der Waals surface area (Å²) < 4.78 is 0. The molecule has 2 rings (SSSR count). The van der Waals surface area contributed by atoms with E-state index in [0.29, 0.717) is 17.3 Å². The summed E-state index contributed by atoms with van der Waals surface area (Å²) in [7, 11) is 0. The summed E-state index contributed by atoms with van der Waals surface area (Å²) in [5, 5.41) is 2.77. The Labute approximate surface area is 108 Å². The molecule has 0 radical (unpaired) electrons. The molecule has 1 aromatic heterocycles. The van der Waals surface area contributed by atoms with Crippen LogP contribution in [0.4, 0.5) is 0 Å². The monoisotopic (exact) mass is 298 g/mol. The second-order valence-corrected chi connectivity index (χ2v) is 5.63. The number of pyridine rings is 1. The maximum absolute atomic E-state index is 11.8. The third kappa shape index (κ3) is 3.19. The normalized spacial score (nSPS) is 16.6. The fourth-order valence-corrected chi connectivity index (χ4v) is 2.35. The molecule has 5 heteroatoms. The van der Waals surface area contributed by atoms with E-state index >= 15 is 0 Å². The van der Waals surface area contributed by atoms with Crippen LogP contribution in [0.3, 0.4) is 0 Å². The van der Waals surface area contributed by atoms with Crippen molar-refractivity contribution in [1.29, 1.82) is 0 Å². The Balaban J connectivity index is 1.96. The van der Waals surface area contributed by atoms with Crippen molar-refractivity contribution in [3.63, 3.8) is 0 Å². The number of rotatable bonds is 4. The predicted octanol–water partition coefficient (Wildman–Crippen LogP) is 1.59. The number of halogens is 1. The minimum atomic E-state index is -0.309. The molecule has 0 bridgehead atoms. The van der Waals surface area contributed by atoms with Crippen molar-refractivity contribution in [2.45, 2.75) is 24.6 Å². The highest BCUT2D eigenvalue weighted by molar-refractivity contribution is 9.09. The van der Waals surface area contributed by atoms with Gasteiger partial charge in [0.15, 0.2) is 5.43 Å². The molecule has 17 heavy (non-hydrogen) atoms. The largest absolute Gasteiger partial charge is 0.364 e. The average Bonchev–Trinajstić information content (AvgIpc) is 3.09. The molecular weight excluding hydrogens is 284 g/mol. The summed E-state index contributed by atoms with van der Waals surface area (Å²) in [5.41, 5.74) is 0.685. The van der Waals surface area contributed by atoms with E-state index in [1.807, 2.05) is 0 Å². The molecule has 1 fully saturated rings. The first kappa shape index (κ1) is 12.4. The lowest BCUT2D eigenvalue weighted by Gasteiger charge is -2.09. The van der Waals surface area contributed by atoms with Gasteiger partial charge in [0.05, 0.1) is 0 Å². The molecule has 2 N–H and O–H groups in total. The summed E-state index contributed by atoms with van der Waals surface area (Å²) in [6.07, 6.45) is 3.90. The Morgan fingerprint density at radius 1 is 1.65 bits per heavy atom. The van der Waals surface area contributed by atoms with Crippen LogP contribution in [0.2, 0.25) is 0 Å². The van der Waals surface area contributed by atoms with E-state index in [1.165, 1.54) is 25.1 Å². The third-order valence-corrected chi connectivity index (χ3v) is 3.96. The number of hydrogen-bond donors (Lipinski definition) is 2. The second kappa shape index (κ2) is 5.04. The summed E-state index contributed by atoms with van der Waals surface area (Å²) in [6, 6.07) is 1.43. The first-order chi connectivity index (χ1) is 8.08. The number of aryl methyl sites for hydroxylation is 1. The third-order valence-electron chi connectivity index (χ3n) is 2.89. The lowest BCUT2D eigenvalue weighted by atomic mass is 10.2. The van der Waals surface area contributed by atoms with E-state index in [2.05, 4.69) is 26.2 Å². The molecule has 1 aliphatic carbocycles. The van der Waals surface area contributed by atoms with Gasteiger partial charge in [-0.05, 0) is 25.7 Å². The highest BCUT2D eigenvalue weighted by Crippen LogP contribution is 2.36. The molecule has 0 saturated heterocycles. The van der Waals surface area contributed by atoms with Crippen LogP contribution in [0.15, 0.2) is 17.1 Å². The molecule has 4 nitrogen and oxygen atoms in total. The number of amides is 1. The van der Waals surface area contributed by atoms with E-state index < -0.39 is 0 Å². The molecule has 1 amide bonds. The molecule has 1 heterocycles. The average molecular weight is 299 g/mol. The minimum absolute atomic E-state index is 0.172. The summed E-state index contributed by atoms with van der Waals surface area (Å²) in [4.78, 5) is 26.5. The topological polar surface area (TPSA) is 62.0 Å². The molecule has 0 aromatic carbocycles. The van der Waals surface area contributed by atoms with Gasteiger partial charge in [-0.3, -0.25) is 9.59 Å². The van der Waals surface area contributed by atoms with Crippen LogP contribution in [0.25, 0.3) is 0 Å². The Morgan fingerprint density at radius 2 is 2.35 bits per heavy atom. The van der Waals surface area contributed by atoms with Crippen LogP contribution in [0.5, 0.6) is 0 Å². The van der Waals surface area contributed by atoms with Crippen molar-refractivity contribution in [2.75, 3.05) is 6.54 Å². The van der Waals surface area contributed by atoms with Crippen molar-refractivity contribution in [1.82, 2.24) is 10.3 Å². The molecule has 0 aliphatic heterocycles. The lowest BCUT2D eigenvalue weighted by Crippen LogP contribution is -2.33. The zero-order chi connectivity index (χ0) is 12.4. The van der Waals surface area contributed by atoms with Crippen LogP contribution in [0, 0.1) is 12.8 Å². The highest BCUT2D eigenvalue weighted by atomic mass is 79.9. The highest BCUT2D eigenvalue weighted by Gasteiger charge is 2.29. The summed E-state index contributed by atoms with van der Waals surface area (Å²) in [5.74, 6) is 0.364. The van der Waals surface area contributed by atoms with E-state index in [-0.39, 0.29) is 16.9 Å². The van der Waals surface area contributed by atoms with E-state index in [1.54, 1.807) is 6.92 Å². The number of aromatic amines is 1. The quantitative estimate of drug-likeness (QED) is 0.829. The molecule has 1 aromatic rings. The Hall–Kier alpha value is -1.10. The smallest absolute Gasteiger partial charge is 0.256 e. The number of H-pyrrole nitrogens is 1. The van der Waals surface area contributed by atoms with Gasteiger partial charge in [0.25, 0.3) is 5.91 Å². The van der Waals surface area contributed by atoms with E-state index in [9.17, 15) is 9.59 Å². The zero-order valence-corrected chi connectivity index (χ0v) is 11.2. The van der Waals surface area contributed by atoms with Crippen LogP contribution < -0.4 is 10.7 Å². The van der Waals surface area contributed by atoms with Crippen LogP contribution in [-0.2, 0) is 0 Å². The number of aromatic nitrogens is 1. The first-order valence-corrected chi connectivity index (χ1v) is 6.61. The van der Waals surface area contributed by atoms with E-state index in [4.69, 9.17) is 0 Å². The SMILES string of the molecule is Cc1cc(=O)c(C(=O)NCC(Br)C2CC2)c[nH]1. The predicted molar refractivity (Wildman–Crippen MR) is 69.6 cm³/mol. The van der Waals surface area contributed by atoms with Crippen LogP contribution >= 0.6 is 15.9 Å². The van der Waals surface area contributed by atoms with Crippen molar-refractivity contribution < 1.29 is 4.79 Å². The number of alkyl halides is 1.